The second-order valence-corrected chi connectivity index (χ2v) is 15.0. The molecule has 9 nitrogen and oxygen atoms in total. The molecule has 0 radical (unpaired) electrons. The number of phenolic OH excluding ortho intramolecular Hbond substituents is 1. The summed E-state index contributed by atoms with van der Waals surface area (Å²) >= 11 is 0. The van der Waals surface area contributed by atoms with Crippen molar-refractivity contribution in [2.24, 2.45) is 10.8 Å². The lowest BCUT2D eigenvalue weighted by atomic mass is 9.95. The van der Waals surface area contributed by atoms with Gasteiger partial charge in [-0.25, -0.2) is 22.5 Å². The third-order valence-corrected chi connectivity index (χ3v) is 11.5. The number of nitrogens with one attached hydrogen (secondary N) is 1. The lowest BCUT2D eigenvalue weighted by Crippen LogP contribution is -2.51. The molecule has 5 fully saturated rings. The Morgan fingerprint density at radius 1 is 1.02 bits per heavy atom. The Hall–Kier alpha value is -4.41. The Kier molecular flexibility index (Phi) is 6.97. The molecule has 2 bridgehead atoms. The molecule has 50 heavy (non-hydrogen) atoms. The summed E-state index contributed by atoms with van der Waals surface area (Å²) in [6, 6.07) is 5.76. The third kappa shape index (κ3) is 5.01. The van der Waals surface area contributed by atoms with E-state index in [4.69, 9.17) is 20.9 Å². The summed E-state index contributed by atoms with van der Waals surface area (Å²) in [7, 11) is 1.41. The number of ether oxygens (including phenoxy) is 2. The van der Waals surface area contributed by atoms with Gasteiger partial charge in [-0.1, -0.05) is 12.0 Å². The first-order chi connectivity index (χ1) is 24.0. The third-order valence-electron chi connectivity index (χ3n) is 11.5. The van der Waals surface area contributed by atoms with Gasteiger partial charge in [0.1, 0.15) is 34.0 Å². The number of aromatic nitrogens is 3. The fraction of sp³-hybridized carbons (Fsp3) is 0.486. The number of rotatable bonds is 8. The second-order valence-electron chi connectivity index (χ2n) is 15.0. The van der Waals surface area contributed by atoms with Gasteiger partial charge in [-0.3, -0.25) is 4.90 Å². The lowest BCUT2D eigenvalue weighted by molar-refractivity contribution is -0.0391. The monoisotopic (exact) mass is 688 g/mol. The van der Waals surface area contributed by atoms with Crippen LogP contribution in [-0.2, 0) is 0 Å². The van der Waals surface area contributed by atoms with Crippen molar-refractivity contribution in [2.45, 2.75) is 56.5 Å². The Bertz CT molecular complexity index is 2100. The van der Waals surface area contributed by atoms with E-state index in [-0.39, 0.29) is 81.4 Å². The number of anilines is 1. The Labute approximate surface area is 286 Å². The lowest BCUT2D eigenvalue weighted by Gasteiger charge is -2.34. The average molecular weight is 689 g/mol. The first-order valence-corrected chi connectivity index (χ1v) is 17.1. The van der Waals surface area contributed by atoms with Crippen LogP contribution in [0.1, 0.15) is 44.1 Å². The van der Waals surface area contributed by atoms with Crippen LogP contribution in [0, 0.1) is 34.8 Å². The maximum absolute atomic E-state index is 17.1. The van der Waals surface area contributed by atoms with Crippen LogP contribution in [0.2, 0.25) is 0 Å². The van der Waals surface area contributed by atoms with Crippen LogP contribution in [0.25, 0.3) is 32.9 Å². The largest absolute Gasteiger partial charge is 0.508 e. The number of pyridine rings is 1. The van der Waals surface area contributed by atoms with Gasteiger partial charge in [0.05, 0.1) is 25.8 Å². The number of piperazine rings is 1. The van der Waals surface area contributed by atoms with Crippen molar-refractivity contribution in [1.29, 1.82) is 0 Å². The summed E-state index contributed by atoms with van der Waals surface area (Å²) in [4.78, 5) is 17.9. The molecule has 3 aliphatic heterocycles. The molecule has 9 rings (SSSR count). The topological polar surface area (TPSA) is 95.9 Å². The van der Waals surface area contributed by atoms with Crippen LogP contribution in [0.5, 0.6) is 17.6 Å². The van der Waals surface area contributed by atoms with Crippen molar-refractivity contribution in [3.8, 4) is 41.2 Å². The molecule has 2 aromatic heterocycles. The number of benzene rings is 2. The van der Waals surface area contributed by atoms with E-state index in [9.17, 15) is 18.3 Å². The zero-order chi connectivity index (χ0) is 34.6. The molecule has 2 N–H and O–H groups in total. The van der Waals surface area contributed by atoms with Crippen LogP contribution in [-0.4, -0.2) is 89.4 Å². The number of hydrogen-bond acceptors (Lipinski definition) is 9. The average Bonchev–Trinajstić information content (AvgIpc) is 4.00. The van der Waals surface area contributed by atoms with Crippen LogP contribution >= 0.6 is 0 Å². The SMILES string of the molecule is C#Cc1c(F)ccc2cc(O)cc(-c3nc(OC)c4c(N5CC6CCC(C5)N6)nc(OCC5(CN6CC(F)(F)C7(CC7)C6)CC5)nc4c3F)c12. The number of aromatic hydroxyl groups is 1. The standard InChI is InChI=1S/C37H36F4N6O3/c1-3-24-26(38)7-4-20-12-23(48)13-25(27(20)24)30-29(39)31-28(33(43-30)49-2)32(47-14-21-5-6-22(15-47)42-21)45-34(44-31)50-19-35(8-9-35)16-46-17-36(10-11-36)37(40,41)18-46/h1,4,7,12-13,21-22,42,48H,5-6,8-11,14-19H2,2H3. The fourth-order valence-electron chi connectivity index (χ4n) is 8.50. The van der Waals surface area contributed by atoms with E-state index in [2.05, 4.69) is 26.1 Å². The van der Waals surface area contributed by atoms with E-state index in [1.165, 1.54) is 31.4 Å². The zero-order valence-electron chi connectivity index (χ0n) is 27.5. The molecule has 5 aliphatic rings. The summed E-state index contributed by atoms with van der Waals surface area (Å²) in [6.07, 6.45) is 10.5. The van der Waals surface area contributed by atoms with Crippen LogP contribution < -0.4 is 19.7 Å². The molecular weight excluding hydrogens is 652 g/mol. The highest BCUT2D eigenvalue weighted by atomic mass is 19.3. The second kappa shape index (κ2) is 11.0. The number of fused-ring (bicyclic) bond motifs is 4. The number of methoxy groups -OCH3 is 1. The van der Waals surface area contributed by atoms with E-state index in [1.54, 1.807) is 0 Å². The van der Waals surface area contributed by atoms with Gasteiger partial charge in [0.15, 0.2) is 5.82 Å². The molecular formula is C37H36F4N6O3. The molecule has 2 atom stereocenters. The molecule has 4 aromatic rings. The molecule has 5 heterocycles. The summed E-state index contributed by atoms with van der Waals surface area (Å²) in [5.74, 6) is -1.58. The van der Waals surface area contributed by atoms with Gasteiger partial charge in [-0.2, -0.15) is 9.97 Å². The minimum absolute atomic E-state index is 0.0432. The number of likely N-dealkylation sites (tertiary alicyclic amines) is 1. The maximum Gasteiger partial charge on any atom is 0.319 e. The van der Waals surface area contributed by atoms with Crippen LogP contribution in [0.15, 0.2) is 24.3 Å². The number of alkyl halides is 2. The van der Waals surface area contributed by atoms with Gasteiger partial charge in [0.25, 0.3) is 5.92 Å². The van der Waals surface area contributed by atoms with E-state index in [1.807, 2.05) is 4.90 Å². The summed E-state index contributed by atoms with van der Waals surface area (Å²) < 4.78 is 73.5. The minimum atomic E-state index is -2.68. The maximum atomic E-state index is 17.1. The Morgan fingerprint density at radius 2 is 1.78 bits per heavy atom. The van der Waals surface area contributed by atoms with Gasteiger partial charge >= 0.3 is 6.01 Å². The van der Waals surface area contributed by atoms with Gasteiger partial charge in [-0.05, 0) is 62.1 Å². The molecule has 260 valence electrons. The van der Waals surface area contributed by atoms with E-state index >= 15 is 4.39 Å². The normalized spacial score (nSPS) is 24.2. The highest BCUT2D eigenvalue weighted by Crippen LogP contribution is 2.61. The highest BCUT2D eigenvalue weighted by molar-refractivity contribution is 6.04. The molecule has 0 amide bonds. The van der Waals surface area contributed by atoms with Crippen molar-refractivity contribution in [2.75, 3.05) is 51.3 Å². The molecule has 1 spiro atoms. The van der Waals surface area contributed by atoms with Crippen LogP contribution in [0.3, 0.4) is 0 Å². The van der Waals surface area contributed by atoms with Gasteiger partial charge < -0.3 is 24.8 Å². The van der Waals surface area contributed by atoms with Crippen molar-refractivity contribution < 1.29 is 32.1 Å². The Balaban J connectivity index is 1.14. The number of terminal acetylenes is 1. The smallest absolute Gasteiger partial charge is 0.319 e. The van der Waals surface area contributed by atoms with E-state index in [0.29, 0.717) is 50.2 Å². The van der Waals surface area contributed by atoms with Crippen molar-refractivity contribution in [3.63, 3.8) is 0 Å². The van der Waals surface area contributed by atoms with Gasteiger partial charge in [0.2, 0.25) is 5.88 Å². The van der Waals surface area contributed by atoms with E-state index < -0.39 is 23.0 Å². The number of nitrogens with zero attached hydrogens (tertiary/aromatic N) is 5. The molecule has 2 saturated carbocycles. The number of phenols is 1. The number of halogens is 4. The molecule has 3 saturated heterocycles. The summed E-state index contributed by atoms with van der Waals surface area (Å²) in [5.41, 5.74) is -1.58. The summed E-state index contributed by atoms with van der Waals surface area (Å²) in [5, 5.41) is 15.1. The predicted molar refractivity (Wildman–Crippen MR) is 179 cm³/mol. The van der Waals surface area contributed by atoms with Crippen molar-refractivity contribution in [1.82, 2.24) is 25.2 Å². The molecule has 2 unspecified atom stereocenters. The van der Waals surface area contributed by atoms with Crippen LogP contribution in [0.4, 0.5) is 23.4 Å². The van der Waals surface area contributed by atoms with Crippen molar-refractivity contribution >= 4 is 27.5 Å². The first kappa shape index (κ1) is 31.6. The quantitative estimate of drug-likeness (QED) is 0.180. The molecule has 2 aromatic carbocycles. The highest BCUT2D eigenvalue weighted by Gasteiger charge is 2.67. The first-order valence-electron chi connectivity index (χ1n) is 17.1. The van der Waals surface area contributed by atoms with Crippen molar-refractivity contribution in [3.05, 3.63) is 41.5 Å². The number of hydrogen-bond donors (Lipinski definition) is 2. The predicted octanol–water partition coefficient (Wildman–Crippen LogP) is 5.65. The van der Waals surface area contributed by atoms with Gasteiger partial charge in [-0.15, -0.1) is 6.42 Å². The molecule has 2 aliphatic carbocycles. The summed E-state index contributed by atoms with van der Waals surface area (Å²) in [6.45, 7) is 2.06. The molecule has 13 heteroatoms. The van der Waals surface area contributed by atoms with Gasteiger partial charge in [0, 0.05) is 60.0 Å². The Morgan fingerprint density at radius 3 is 2.44 bits per heavy atom. The zero-order valence-corrected chi connectivity index (χ0v) is 27.5. The van der Waals surface area contributed by atoms with E-state index in [0.717, 1.165) is 25.7 Å². The minimum Gasteiger partial charge on any atom is -0.508 e. The fourth-order valence-corrected chi connectivity index (χ4v) is 8.50.